The van der Waals surface area contributed by atoms with Crippen LogP contribution in [0.15, 0.2) is 53.4 Å². The first kappa shape index (κ1) is 18.2. The zero-order valence-corrected chi connectivity index (χ0v) is 14.8. The molecular formula is C18H12ClFN2O3S. The first-order valence-electron chi connectivity index (χ1n) is 7.49. The third-order valence-corrected chi connectivity index (χ3v) is 4.65. The molecule has 3 amide bonds. The van der Waals surface area contributed by atoms with Crippen LogP contribution < -0.4 is 5.32 Å². The van der Waals surface area contributed by atoms with Crippen molar-refractivity contribution in [3.63, 3.8) is 0 Å². The van der Waals surface area contributed by atoms with Gasteiger partial charge in [-0.2, -0.15) is 0 Å². The molecule has 0 atom stereocenters. The fourth-order valence-corrected chi connectivity index (χ4v) is 3.21. The van der Waals surface area contributed by atoms with Gasteiger partial charge in [-0.05, 0) is 47.7 Å². The summed E-state index contributed by atoms with van der Waals surface area (Å²) in [6.07, 6.45) is 1.55. The van der Waals surface area contributed by atoms with E-state index in [4.69, 9.17) is 11.6 Å². The van der Waals surface area contributed by atoms with Gasteiger partial charge >= 0.3 is 0 Å². The van der Waals surface area contributed by atoms with Crippen molar-refractivity contribution in [2.75, 3.05) is 11.9 Å². The molecule has 3 rings (SSSR count). The van der Waals surface area contributed by atoms with Crippen molar-refractivity contribution >= 4 is 52.2 Å². The Morgan fingerprint density at radius 3 is 2.54 bits per heavy atom. The van der Waals surface area contributed by atoms with Gasteiger partial charge in [-0.25, -0.2) is 4.39 Å². The topological polar surface area (TPSA) is 66.5 Å². The molecule has 0 radical (unpaired) electrons. The largest absolute Gasteiger partial charge is 0.322 e. The van der Waals surface area contributed by atoms with E-state index in [0.717, 1.165) is 16.7 Å². The maximum absolute atomic E-state index is 13.6. The van der Waals surface area contributed by atoms with E-state index in [1.54, 1.807) is 36.4 Å². The van der Waals surface area contributed by atoms with E-state index in [1.165, 1.54) is 18.2 Å². The van der Waals surface area contributed by atoms with Crippen LogP contribution in [0.4, 0.5) is 14.9 Å². The first-order chi connectivity index (χ1) is 12.4. The van der Waals surface area contributed by atoms with Gasteiger partial charge in [-0.1, -0.05) is 35.9 Å². The normalized spacial score (nSPS) is 15.6. The molecule has 1 aliphatic heterocycles. The first-order valence-corrected chi connectivity index (χ1v) is 8.69. The van der Waals surface area contributed by atoms with Crippen molar-refractivity contribution < 1.29 is 18.8 Å². The molecular weight excluding hydrogens is 379 g/mol. The third-order valence-electron chi connectivity index (χ3n) is 3.49. The van der Waals surface area contributed by atoms with Crippen LogP contribution >= 0.6 is 23.4 Å². The smallest absolute Gasteiger partial charge is 0.294 e. The number of benzene rings is 2. The Kier molecular flexibility index (Phi) is 5.39. The second kappa shape index (κ2) is 7.72. The number of hydrogen-bond donors (Lipinski definition) is 1. The molecule has 132 valence electrons. The zero-order chi connectivity index (χ0) is 18.7. The molecule has 0 spiro atoms. The highest BCUT2D eigenvalue weighted by atomic mass is 35.5. The van der Waals surface area contributed by atoms with E-state index in [1.807, 2.05) is 0 Å². The van der Waals surface area contributed by atoms with Crippen molar-refractivity contribution in [1.29, 1.82) is 0 Å². The second-order valence-corrected chi connectivity index (χ2v) is 6.78. The standard InChI is InChI=1S/C18H12ClFN2O3S/c19-12-7-5-11(6-8-12)9-15-17(24)22(18(25)26-15)10-16(23)21-14-4-2-1-3-13(14)20/h1-9H,10H2,(H,21,23)/b15-9-. The fraction of sp³-hybridized carbons (Fsp3) is 0.0556. The Balaban J connectivity index is 1.70. The van der Waals surface area contributed by atoms with Crippen LogP contribution in [0.5, 0.6) is 0 Å². The summed E-state index contributed by atoms with van der Waals surface area (Å²) in [5, 5.41) is 2.34. The number of halogens is 2. The molecule has 2 aromatic carbocycles. The van der Waals surface area contributed by atoms with Crippen molar-refractivity contribution in [2.24, 2.45) is 0 Å². The molecule has 0 bridgehead atoms. The summed E-state index contributed by atoms with van der Waals surface area (Å²) in [4.78, 5) is 37.5. The van der Waals surface area contributed by atoms with Gasteiger partial charge in [0.05, 0.1) is 10.6 Å². The predicted molar refractivity (Wildman–Crippen MR) is 99.2 cm³/mol. The summed E-state index contributed by atoms with van der Waals surface area (Å²) in [5.74, 6) is -1.83. The van der Waals surface area contributed by atoms with Crippen LogP contribution in [0.25, 0.3) is 6.08 Å². The summed E-state index contributed by atoms with van der Waals surface area (Å²) in [6, 6.07) is 12.4. The third kappa shape index (κ3) is 4.12. The lowest BCUT2D eigenvalue weighted by Crippen LogP contribution is -2.36. The average molecular weight is 391 g/mol. The van der Waals surface area contributed by atoms with Crippen LogP contribution in [-0.4, -0.2) is 28.5 Å². The highest BCUT2D eigenvalue weighted by molar-refractivity contribution is 8.18. The molecule has 8 heteroatoms. The number of hydrogen-bond acceptors (Lipinski definition) is 4. The molecule has 2 aromatic rings. The molecule has 0 saturated carbocycles. The Labute approximate surface area is 157 Å². The lowest BCUT2D eigenvalue weighted by atomic mass is 10.2. The number of imide groups is 1. The lowest BCUT2D eigenvalue weighted by Gasteiger charge is -2.12. The van der Waals surface area contributed by atoms with E-state index in [2.05, 4.69) is 5.32 Å². The van der Waals surface area contributed by atoms with Gasteiger partial charge in [-0.3, -0.25) is 19.3 Å². The number of amides is 3. The molecule has 1 heterocycles. The van der Waals surface area contributed by atoms with Crippen LogP contribution in [0.2, 0.25) is 5.02 Å². The van der Waals surface area contributed by atoms with Crippen molar-refractivity contribution in [2.45, 2.75) is 0 Å². The summed E-state index contributed by atoms with van der Waals surface area (Å²) >= 11 is 6.56. The molecule has 1 N–H and O–H groups in total. The zero-order valence-electron chi connectivity index (χ0n) is 13.2. The van der Waals surface area contributed by atoms with Gasteiger partial charge in [0, 0.05) is 5.02 Å². The summed E-state index contributed by atoms with van der Waals surface area (Å²) in [7, 11) is 0. The molecule has 5 nitrogen and oxygen atoms in total. The van der Waals surface area contributed by atoms with E-state index >= 15 is 0 Å². The monoisotopic (exact) mass is 390 g/mol. The van der Waals surface area contributed by atoms with Crippen LogP contribution in [0.1, 0.15) is 5.56 Å². The maximum atomic E-state index is 13.6. The SMILES string of the molecule is O=C(CN1C(=O)S/C(=C\c2ccc(Cl)cc2)C1=O)Nc1ccccc1F. The molecule has 1 aliphatic rings. The van der Waals surface area contributed by atoms with E-state index < -0.39 is 29.4 Å². The number of carbonyl (C=O) groups excluding carboxylic acids is 3. The van der Waals surface area contributed by atoms with Crippen molar-refractivity contribution in [3.05, 3.63) is 69.8 Å². The number of thioether (sulfide) groups is 1. The van der Waals surface area contributed by atoms with E-state index in [-0.39, 0.29) is 10.6 Å². The minimum absolute atomic E-state index is 0.0128. The number of nitrogens with zero attached hydrogens (tertiary/aromatic N) is 1. The molecule has 0 unspecified atom stereocenters. The average Bonchev–Trinajstić information content (AvgIpc) is 2.86. The van der Waals surface area contributed by atoms with Gasteiger partial charge in [0.2, 0.25) is 5.91 Å². The molecule has 0 aromatic heterocycles. The van der Waals surface area contributed by atoms with Crippen LogP contribution in [-0.2, 0) is 9.59 Å². The number of anilines is 1. The van der Waals surface area contributed by atoms with E-state index in [0.29, 0.717) is 10.6 Å². The second-order valence-electron chi connectivity index (χ2n) is 5.35. The number of rotatable bonds is 4. The number of carbonyl (C=O) groups is 3. The highest BCUT2D eigenvalue weighted by Crippen LogP contribution is 2.32. The molecule has 1 fully saturated rings. The quantitative estimate of drug-likeness (QED) is 0.796. The molecule has 1 saturated heterocycles. The maximum Gasteiger partial charge on any atom is 0.294 e. The summed E-state index contributed by atoms with van der Waals surface area (Å²) in [6.45, 7) is -0.489. The number of nitrogens with one attached hydrogen (secondary N) is 1. The summed E-state index contributed by atoms with van der Waals surface area (Å²) in [5.41, 5.74) is 0.692. The Morgan fingerprint density at radius 1 is 1.15 bits per heavy atom. The van der Waals surface area contributed by atoms with Crippen LogP contribution in [0.3, 0.4) is 0 Å². The van der Waals surface area contributed by atoms with E-state index in [9.17, 15) is 18.8 Å². The highest BCUT2D eigenvalue weighted by Gasteiger charge is 2.36. The lowest BCUT2D eigenvalue weighted by molar-refractivity contribution is -0.127. The molecule has 0 aliphatic carbocycles. The van der Waals surface area contributed by atoms with Gasteiger partial charge in [0.15, 0.2) is 0 Å². The van der Waals surface area contributed by atoms with Crippen molar-refractivity contribution in [3.8, 4) is 0 Å². The Morgan fingerprint density at radius 2 is 1.85 bits per heavy atom. The number of para-hydroxylation sites is 1. The van der Waals surface area contributed by atoms with Gasteiger partial charge < -0.3 is 5.32 Å². The minimum atomic E-state index is -0.662. The Hall–Kier alpha value is -2.64. The minimum Gasteiger partial charge on any atom is -0.322 e. The van der Waals surface area contributed by atoms with Gasteiger partial charge in [-0.15, -0.1) is 0 Å². The van der Waals surface area contributed by atoms with Gasteiger partial charge in [0.1, 0.15) is 12.4 Å². The van der Waals surface area contributed by atoms with Gasteiger partial charge in [0.25, 0.3) is 11.1 Å². The summed E-state index contributed by atoms with van der Waals surface area (Å²) < 4.78 is 13.6. The van der Waals surface area contributed by atoms with Crippen molar-refractivity contribution in [1.82, 2.24) is 4.90 Å². The fourth-order valence-electron chi connectivity index (χ4n) is 2.24. The molecule has 26 heavy (non-hydrogen) atoms. The Bertz CT molecular complexity index is 915. The predicted octanol–water partition coefficient (Wildman–Crippen LogP) is 4.15. The van der Waals surface area contributed by atoms with Crippen LogP contribution in [0, 0.1) is 5.82 Å².